The van der Waals surface area contributed by atoms with Crippen LogP contribution in [-0.2, 0) is 4.43 Å². The van der Waals surface area contributed by atoms with Crippen LogP contribution in [0.25, 0.3) is 0 Å². The average molecular weight is 189 g/mol. The Bertz CT molecular complexity index is 93.1. The highest BCUT2D eigenvalue weighted by Gasteiger charge is 2.02. The maximum atomic E-state index is 5.50. The molecule has 0 saturated heterocycles. The van der Waals surface area contributed by atoms with E-state index < -0.39 is 9.04 Å². The van der Waals surface area contributed by atoms with Crippen LogP contribution >= 0.6 is 0 Å². The van der Waals surface area contributed by atoms with Gasteiger partial charge < -0.3 is 15.5 Å². The molecule has 1 radical (unpaired) electrons. The molecule has 0 aromatic rings. The molecule has 0 heterocycles. The van der Waals surface area contributed by atoms with Crippen molar-refractivity contribution in [3.8, 4) is 0 Å². The second-order valence-electron chi connectivity index (χ2n) is 2.78. The van der Waals surface area contributed by atoms with Crippen molar-refractivity contribution < 1.29 is 4.43 Å². The third-order valence-electron chi connectivity index (χ3n) is 1.59. The molecular formula is C8H21N2OSi. The fourth-order valence-electron chi connectivity index (χ4n) is 1.01. The normalized spacial score (nSPS) is 11.0. The molecule has 0 aliphatic heterocycles. The van der Waals surface area contributed by atoms with E-state index in [4.69, 9.17) is 10.2 Å². The van der Waals surface area contributed by atoms with Crippen molar-refractivity contribution in [2.24, 2.45) is 5.73 Å². The van der Waals surface area contributed by atoms with Crippen molar-refractivity contribution in [2.75, 3.05) is 26.2 Å². The predicted octanol–water partition coefficient (Wildman–Crippen LogP) is 0.583. The van der Waals surface area contributed by atoms with Crippen LogP contribution in [0.2, 0.25) is 12.6 Å². The van der Waals surface area contributed by atoms with Gasteiger partial charge in [0.1, 0.15) is 0 Å². The molecule has 73 valence electrons. The molecule has 0 aromatic heterocycles. The van der Waals surface area contributed by atoms with E-state index in [9.17, 15) is 0 Å². The highest BCUT2D eigenvalue weighted by Crippen LogP contribution is 1.97. The monoisotopic (exact) mass is 189 g/mol. The summed E-state index contributed by atoms with van der Waals surface area (Å²) in [6, 6.07) is 1.23. The molecule has 0 aliphatic carbocycles. The lowest BCUT2D eigenvalue weighted by atomic mass is 10.5. The fraction of sp³-hybridized carbons (Fsp3) is 1.00. The SMILES string of the molecule is CCO[Si](C)CCCNCCN. The zero-order valence-corrected chi connectivity index (χ0v) is 9.23. The van der Waals surface area contributed by atoms with E-state index in [2.05, 4.69) is 18.8 Å². The standard InChI is InChI=1S/C8H21N2OSi/c1-3-11-12(2)8-4-6-10-7-5-9/h10H,3-9H2,1-2H3. The summed E-state index contributed by atoms with van der Waals surface area (Å²) in [5, 5.41) is 3.27. The topological polar surface area (TPSA) is 47.3 Å². The maximum Gasteiger partial charge on any atom is 0.208 e. The molecule has 0 amide bonds. The summed E-state index contributed by atoms with van der Waals surface area (Å²) in [5.41, 5.74) is 5.34. The molecule has 0 rings (SSSR count). The van der Waals surface area contributed by atoms with Gasteiger partial charge in [0.25, 0.3) is 0 Å². The van der Waals surface area contributed by atoms with Crippen LogP contribution in [0.5, 0.6) is 0 Å². The molecule has 0 atom stereocenters. The lowest BCUT2D eigenvalue weighted by Crippen LogP contribution is -2.24. The summed E-state index contributed by atoms with van der Waals surface area (Å²) in [5.74, 6) is 0. The van der Waals surface area contributed by atoms with Gasteiger partial charge in [0.2, 0.25) is 9.04 Å². The minimum absolute atomic E-state index is 0.499. The fourth-order valence-corrected chi connectivity index (χ4v) is 2.32. The van der Waals surface area contributed by atoms with E-state index in [0.29, 0.717) is 0 Å². The van der Waals surface area contributed by atoms with Gasteiger partial charge in [-0.05, 0) is 32.5 Å². The molecule has 3 nitrogen and oxygen atoms in total. The van der Waals surface area contributed by atoms with Crippen molar-refractivity contribution in [1.82, 2.24) is 5.32 Å². The largest absolute Gasteiger partial charge is 0.417 e. The second-order valence-corrected chi connectivity index (χ2v) is 4.97. The molecule has 3 N–H and O–H groups in total. The van der Waals surface area contributed by atoms with Gasteiger partial charge in [0.15, 0.2) is 0 Å². The predicted molar refractivity (Wildman–Crippen MR) is 54.6 cm³/mol. The van der Waals surface area contributed by atoms with E-state index in [1.54, 1.807) is 0 Å². The van der Waals surface area contributed by atoms with Gasteiger partial charge >= 0.3 is 0 Å². The van der Waals surface area contributed by atoms with E-state index in [1.807, 2.05) is 0 Å². The van der Waals surface area contributed by atoms with E-state index in [1.165, 1.54) is 12.5 Å². The van der Waals surface area contributed by atoms with Crippen LogP contribution in [0.3, 0.4) is 0 Å². The Hall–Kier alpha value is 0.0969. The Labute approximate surface area is 77.4 Å². The highest BCUT2D eigenvalue weighted by atomic mass is 28.3. The molecule has 0 aliphatic rings. The first-order valence-electron chi connectivity index (χ1n) is 4.67. The molecule has 0 aromatic carbocycles. The zero-order valence-electron chi connectivity index (χ0n) is 8.23. The third-order valence-corrected chi connectivity index (χ3v) is 3.43. The Morgan fingerprint density at radius 3 is 2.75 bits per heavy atom. The minimum Gasteiger partial charge on any atom is -0.417 e. The van der Waals surface area contributed by atoms with E-state index in [-0.39, 0.29) is 0 Å². The van der Waals surface area contributed by atoms with E-state index in [0.717, 1.165) is 26.2 Å². The van der Waals surface area contributed by atoms with Gasteiger partial charge in [-0.1, -0.05) is 0 Å². The Morgan fingerprint density at radius 2 is 2.17 bits per heavy atom. The van der Waals surface area contributed by atoms with Gasteiger partial charge in [-0.15, -0.1) is 0 Å². The zero-order chi connectivity index (χ0) is 9.23. The van der Waals surface area contributed by atoms with Gasteiger partial charge in [0.05, 0.1) is 0 Å². The number of rotatable bonds is 8. The molecule has 0 unspecified atom stereocenters. The van der Waals surface area contributed by atoms with Crippen LogP contribution in [-0.4, -0.2) is 35.3 Å². The highest BCUT2D eigenvalue weighted by molar-refractivity contribution is 6.50. The number of nitrogens with one attached hydrogen (secondary N) is 1. The molecule has 12 heavy (non-hydrogen) atoms. The minimum atomic E-state index is -0.499. The van der Waals surface area contributed by atoms with Gasteiger partial charge in [0, 0.05) is 19.7 Å². The molecule has 4 heteroatoms. The van der Waals surface area contributed by atoms with Crippen molar-refractivity contribution in [3.63, 3.8) is 0 Å². The Morgan fingerprint density at radius 1 is 1.42 bits per heavy atom. The van der Waals surface area contributed by atoms with Crippen molar-refractivity contribution in [3.05, 3.63) is 0 Å². The first-order valence-corrected chi connectivity index (χ1v) is 6.78. The van der Waals surface area contributed by atoms with Crippen molar-refractivity contribution >= 4 is 9.04 Å². The first-order chi connectivity index (χ1) is 5.81. The maximum absolute atomic E-state index is 5.50. The molecule has 0 bridgehead atoms. The summed E-state index contributed by atoms with van der Waals surface area (Å²) in [7, 11) is -0.499. The number of nitrogens with two attached hydrogens (primary N) is 1. The van der Waals surface area contributed by atoms with Crippen molar-refractivity contribution in [1.29, 1.82) is 0 Å². The van der Waals surface area contributed by atoms with Gasteiger partial charge in [-0.25, -0.2) is 0 Å². The number of hydrogen-bond acceptors (Lipinski definition) is 3. The quantitative estimate of drug-likeness (QED) is 0.434. The van der Waals surface area contributed by atoms with Crippen LogP contribution in [0.4, 0.5) is 0 Å². The average Bonchev–Trinajstić information content (AvgIpc) is 2.05. The lowest BCUT2D eigenvalue weighted by molar-refractivity contribution is 0.344. The van der Waals surface area contributed by atoms with Crippen LogP contribution in [0.15, 0.2) is 0 Å². The van der Waals surface area contributed by atoms with Crippen LogP contribution < -0.4 is 11.1 Å². The van der Waals surface area contributed by atoms with Crippen LogP contribution in [0, 0.1) is 0 Å². The lowest BCUT2D eigenvalue weighted by Gasteiger charge is -2.08. The second kappa shape index (κ2) is 9.19. The molecule has 0 spiro atoms. The van der Waals surface area contributed by atoms with Gasteiger partial charge in [-0.2, -0.15) is 0 Å². The van der Waals surface area contributed by atoms with Gasteiger partial charge in [-0.3, -0.25) is 0 Å². The molecule has 0 fully saturated rings. The number of hydrogen-bond donors (Lipinski definition) is 2. The summed E-state index contributed by atoms with van der Waals surface area (Å²) in [6.07, 6.45) is 1.21. The van der Waals surface area contributed by atoms with Crippen LogP contribution in [0.1, 0.15) is 13.3 Å². The summed E-state index contributed by atoms with van der Waals surface area (Å²) < 4.78 is 5.50. The summed E-state index contributed by atoms with van der Waals surface area (Å²) >= 11 is 0. The smallest absolute Gasteiger partial charge is 0.208 e. The van der Waals surface area contributed by atoms with Crippen molar-refractivity contribution in [2.45, 2.75) is 25.9 Å². The Balaban J connectivity index is 2.97. The molecular weight excluding hydrogens is 168 g/mol. The third kappa shape index (κ3) is 8.20. The first kappa shape index (κ1) is 12.1. The summed E-state index contributed by atoms with van der Waals surface area (Å²) in [6.45, 7) is 7.88. The molecule has 0 saturated carbocycles. The Kier molecular flexibility index (Phi) is 9.26. The van der Waals surface area contributed by atoms with E-state index >= 15 is 0 Å². The summed E-state index contributed by atoms with van der Waals surface area (Å²) in [4.78, 5) is 0.